The Kier molecular flexibility index (Phi) is 8.14. The van der Waals surface area contributed by atoms with Crippen molar-refractivity contribution in [2.24, 2.45) is 5.92 Å². The van der Waals surface area contributed by atoms with E-state index in [0.29, 0.717) is 0 Å². The average molecular weight is 798 g/mol. The molecule has 231 valence electrons. The number of aliphatic hydroxyl groups excluding tert-OH is 1. The normalized spacial score (nSPS) is 14.1. The molecule has 0 bridgehead atoms. The van der Waals surface area contributed by atoms with Gasteiger partial charge in [-0.3, -0.25) is 4.79 Å². The van der Waals surface area contributed by atoms with Crippen molar-refractivity contribution >= 4 is 75.4 Å². The number of fused-ring (bicyclic) bond motifs is 10. The number of rotatable bonds is 4. The number of aromatic nitrogens is 2. The molecule has 6 heteroatoms. The van der Waals surface area contributed by atoms with Crippen LogP contribution in [0.3, 0.4) is 0 Å². The van der Waals surface area contributed by atoms with Crippen molar-refractivity contribution < 1.29 is 30.0 Å². The Balaban J connectivity index is 0.000000384. The fourth-order valence-corrected chi connectivity index (χ4v) is 8.55. The second kappa shape index (κ2) is 12.3. The third-order valence-electron chi connectivity index (χ3n) is 9.26. The fourth-order valence-electron chi connectivity index (χ4n) is 7.44. The van der Waals surface area contributed by atoms with Crippen LogP contribution in [0.15, 0.2) is 96.9 Å². The van der Waals surface area contributed by atoms with Crippen molar-refractivity contribution in [1.82, 2.24) is 9.38 Å². The molecule has 1 fully saturated rings. The third kappa shape index (κ3) is 5.19. The Morgan fingerprint density at radius 1 is 0.913 bits per heavy atom. The van der Waals surface area contributed by atoms with Gasteiger partial charge in [0, 0.05) is 63.3 Å². The summed E-state index contributed by atoms with van der Waals surface area (Å²) in [5, 5.41) is 16.3. The Bertz CT molecular complexity index is 2430. The van der Waals surface area contributed by atoms with Crippen molar-refractivity contribution in [3.8, 4) is 11.3 Å². The Morgan fingerprint density at radius 3 is 2.41 bits per heavy atom. The zero-order chi connectivity index (χ0) is 30.7. The average Bonchev–Trinajstić information content (AvgIpc) is 3.81. The number of benzene rings is 4. The second-order valence-corrected chi connectivity index (χ2v) is 13.5. The number of nitrogens with zero attached hydrogens (tertiary/aromatic N) is 2. The van der Waals surface area contributed by atoms with Crippen LogP contribution < -0.4 is 0 Å². The van der Waals surface area contributed by atoms with E-state index in [-0.39, 0.29) is 31.6 Å². The minimum absolute atomic E-state index is 0. The molecule has 4 nitrogen and oxygen atoms in total. The fraction of sp³-hybridized carbons (Fsp3) is 0.200. The summed E-state index contributed by atoms with van der Waals surface area (Å²) in [6, 6.07) is 32.9. The molecule has 9 rings (SSSR count). The number of carbonyl (C=O) groups excluding carboxylic acids is 1. The molecule has 1 aliphatic carbocycles. The largest absolute Gasteiger partial charge is 0.512 e. The second-order valence-electron chi connectivity index (χ2n) is 12.4. The number of carbonyl (C=O) groups is 1. The maximum absolute atomic E-state index is 10.0. The molecule has 4 aromatic heterocycles. The summed E-state index contributed by atoms with van der Waals surface area (Å²) in [5.74, 6) is 0.767. The van der Waals surface area contributed by atoms with E-state index in [2.05, 4.69) is 89.3 Å². The maximum atomic E-state index is 10.0. The zero-order valence-electron chi connectivity index (χ0n) is 25.8. The van der Waals surface area contributed by atoms with Crippen molar-refractivity contribution in [3.05, 3.63) is 109 Å². The van der Waals surface area contributed by atoms with E-state index in [9.17, 15) is 4.79 Å². The minimum Gasteiger partial charge on any atom is -0.512 e. The standard InChI is InChI=1S/C35H25N2S.C5H8O2.Ir/c1-2-7-21(6-1)18-22-16-17-36-29(19-22)23-12-14-30-28(20-23)25-10-5-9-24-26-13-15-32-33(35(26)37(30)34(24)25)27-8-3-4-11-31(27)38-32;1-4(6)3-5(2)7;/h3-5,8-11,13-17,19-21H,1-2,6-7,18H2;3,6H,1-2H3;/q-1;;/b;4-3-;. The van der Waals surface area contributed by atoms with E-state index in [1.165, 1.54) is 116 Å². The van der Waals surface area contributed by atoms with Crippen LogP contribution in [-0.2, 0) is 31.3 Å². The Morgan fingerprint density at radius 2 is 1.65 bits per heavy atom. The number of para-hydroxylation sites is 1. The van der Waals surface area contributed by atoms with E-state index >= 15 is 0 Å². The number of hydrogen-bond donors (Lipinski definition) is 1. The van der Waals surface area contributed by atoms with Crippen molar-refractivity contribution in [2.45, 2.75) is 46.0 Å². The first kappa shape index (κ1) is 30.6. The van der Waals surface area contributed by atoms with E-state index in [1.54, 1.807) is 0 Å². The van der Waals surface area contributed by atoms with Crippen molar-refractivity contribution in [3.63, 3.8) is 0 Å². The monoisotopic (exact) mass is 798 g/mol. The van der Waals surface area contributed by atoms with Gasteiger partial charge in [-0.15, -0.1) is 35.1 Å². The molecule has 46 heavy (non-hydrogen) atoms. The first-order valence-electron chi connectivity index (χ1n) is 15.7. The predicted molar refractivity (Wildman–Crippen MR) is 189 cm³/mol. The summed E-state index contributed by atoms with van der Waals surface area (Å²) in [7, 11) is 0. The van der Waals surface area contributed by atoms with Crippen LogP contribution in [0.25, 0.3) is 69.5 Å². The van der Waals surface area contributed by atoms with Gasteiger partial charge in [-0.1, -0.05) is 85.2 Å². The van der Waals surface area contributed by atoms with Crippen LogP contribution >= 0.6 is 11.3 Å². The smallest absolute Gasteiger partial charge is 0.155 e. The molecule has 4 aromatic carbocycles. The van der Waals surface area contributed by atoms with Gasteiger partial charge in [0.25, 0.3) is 0 Å². The molecule has 0 saturated heterocycles. The first-order chi connectivity index (χ1) is 22.0. The SMILES string of the molecule is CC(=O)/C=C(/C)O.[Ir].[c-]1cc2c(cc1-c1cc(CC3CCCC3)ccn1)c1cccc3c4ccc5sc6ccccc6c5c4n2c13. The molecule has 4 heterocycles. The molecule has 0 atom stereocenters. The minimum atomic E-state index is -0.125. The van der Waals surface area contributed by atoms with E-state index in [1.807, 2.05) is 17.5 Å². The van der Waals surface area contributed by atoms with Gasteiger partial charge in [-0.25, -0.2) is 0 Å². The summed E-state index contributed by atoms with van der Waals surface area (Å²) in [6.45, 7) is 2.85. The number of allylic oxidation sites excluding steroid dienone is 2. The first-order valence-corrected chi connectivity index (χ1v) is 16.5. The van der Waals surface area contributed by atoms with Gasteiger partial charge in [0.1, 0.15) is 0 Å². The van der Waals surface area contributed by atoms with Crippen LogP contribution in [0, 0.1) is 12.0 Å². The van der Waals surface area contributed by atoms with Gasteiger partial charge >= 0.3 is 0 Å². The maximum Gasteiger partial charge on any atom is 0.155 e. The molecule has 1 saturated carbocycles. The predicted octanol–water partition coefficient (Wildman–Crippen LogP) is 10.8. The molecular formula is C40H33IrN2O2S-. The van der Waals surface area contributed by atoms with Crippen LogP contribution in [0.4, 0.5) is 0 Å². The van der Waals surface area contributed by atoms with E-state index in [4.69, 9.17) is 10.1 Å². The van der Waals surface area contributed by atoms with Crippen LogP contribution in [0.1, 0.15) is 45.1 Å². The molecule has 0 unspecified atom stereocenters. The number of thiophene rings is 1. The number of ketones is 1. The molecule has 0 aliphatic heterocycles. The van der Waals surface area contributed by atoms with Gasteiger partial charge in [-0.2, -0.15) is 0 Å². The summed E-state index contributed by atoms with van der Waals surface area (Å²) in [6.07, 6.45) is 9.82. The summed E-state index contributed by atoms with van der Waals surface area (Å²) in [5.41, 5.74) is 7.37. The molecule has 1 aliphatic rings. The van der Waals surface area contributed by atoms with Crippen LogP contribution in [0.2, 0.25) is 0 Å². The van der Waals surface area contributed by atoms with Gasteiger partial charge in [-0.05, 0) is 61.0 Å². The summed E-state index contributed by atoms with van der Waals surface area (Å²) < 4.78 is 5.19. The molecule has 1 N–H and O–H groups in total. The molecule has 1 radical (unpaired) electrons. The van der Waals surface area contributed by atoms with Crippen LogP contribution in [0.5, 0.6) is 0 Å². The van der Waals surface area contributed by atoms with Crippen molar-refractivity contribution in [2.75, 3.05) is 0 Å². The number of aliphatic hydroxyl groups is 1. The van der Waals surface area contributed by atoms with Gasteiger partial charge in [0.15, 0.2) is 5.78 Å². The van der Waals surface area contributed by atoms with Gasteiger partial charge in [0.05, 0.1) is 16.8 Å². The van der Waals surface area contributed by atoms with Crippen molar-refractivity contribution in [1.29, 1.82) is 0 Å². The van der Waals surface area contributed by atoms with E-state index < -0.39 is 0 Å². The topological polar surface area (TPSA) is 54.6 Å². The number of hydrogen-bond acceptors (Lipinski definition) is 4. The summed E-state index contributed by atoms with van der Waals surface area (Å²) in [4.78, 5) is 14.8. The molecule has 8 aromatic rings. The third-order valence-corrected chi connectivity index (χ3v) is 10.4. The summed E-state index contributed by atoms with van der Waals surface area (Å²) >= 11 is 1.89. The van der Waals surface area contributed by atoms with Crippen LogP contribution in [-0.4, -0.2) is 20.3 Å². The van der Waals surface area contributed by atoms with Gasteiger partial charge < -0.3 is 14.5 Å². The Labute approximate surface area is 285 Å². The molecule has 0 amide bonds. The quantitative estimate of drug-likeness (QED) is 0.110. The van der Waals surface area contributed by atoms with Gasteiger partial charge in [0.2, 0.25) is 0 Å². The Hall–Kier alpha value is -4.09. The molecule has 0 spiro atoms. The number of pyridine rings is 1. The zero-order valence-corrected chi connectivity index (χ0v) is 29.0. The molecular weight excluding hydrogens is 765 g/mol. The van der Waals surface area contributed by atoms with E-state index in [0.717, 1.165) is 17.2 Å².